The molecule has 0 nitrogen and oxygen atoms in total. The van der Waals surface area contributed by atoms with Crippen LogP contribution in [0.25, 0.3) is 0 Å². The zero-order valence-corrected chi connectivity index (χ0v) is 5.09. The van der Waals surface area contributed by atoms with Crippen LogP contribution in [0.1, 0.15) is 6.92 Å². The van der Waals surface area contributed by atoms with Crippen LogP contribution in [0.15, 0.2) is 0 Å². The molecule has 0 saturated carbocycles. The maximum Gasteiger partial charge on any atom is 0.0866 e. The zero-order valence-electron chi connectivity index (χ0n) is 3.09. The van der Waals surface area contributed by atoms with Crippen molar-refractivity contribution in [2.45, 2.75) is 6.92 Å². The minimum Gasteiger partial charge on any atom is -0.251 e. The third-order valence-electron chi connectivity index (χ3n) is 0. The van der Waals surface area contributed by atoms with Crippen molar-refractivity contribution in [1.82, 2.24) is 0 Å². The first-order valence-corrected chi connectivity index (χ1v) is 0.974. The molecular weight excluding hydrogens is 66.0 g/mol. The molecule has 0 aromatic carbocycles. The molecule has 2 heteroatoms. The topological polar surface area (TPSA) is 0 Å². The molecule has 0 bridgehead atoms. The van der Waals surface area contributed by atoms with Crippen molar-refractivity contribution < 1.29 is 4.39 Å². The third kappa shape index (κ3) is 12.6. The summed E-state index contributed by atoms with van der Waals surface area (Å²) in [4.78, 5) is 0. The molecule has 0 aliphatic carbocycles. The first-order valence-electron chi connectivity index (χ1n) is 0.974. The number of hydrogen-bond acceptors (Lipinski definition) is 0. The summed E-state index contributed by atoms with van der Waals surface area (Å²) < 4.78 is 10.3. The molecule has 0 spiro atoms. The fourth-order valence-corrected chi connectivity index (χ4v) is 0. The fraction of sp³-hybridized carbons (Fsp3) is 1.00. The van der Waals surface area contributed by atoms with E-state index in [0.29, 0.717) is 0 Å². The Morgan fingerprint density at radius 3 is 1.75 bits per heavy atom. The van der Waals surface area contributed by atoms with E-state index in [1.165, 1.54) is 6.92 Å². The van der Waals surface area contributed by atoms with Crippen molar-refractivity contribution in [1.29, 1.82) is 0 Å². The van der Waals surface area contributed by atoms with Crippen molar-refractivity contribution in [3.05, 3.63) is 0 Å². The Labute approximate surface area is 47.7 Å². The summed E-state index contributed by atoms with van der Waals surface area (Å²) in [6.07, 6.45) is 0. The van der Waals surface area contributed by atoms with E-state index in [4.69, 9.17) is 0 Å². The van der Waals surface area contributed by atoms with Gasteiger partial charge < -0.3 is 0 Å². The largest absolute Gasteiger partial charge is 0.251 e. The van der Waals surface area contributed by atoms with Gasteiger partial charge in [-0.3, -0.25) is 4.39 Å². The second-order valence-electron chi connectivity index (χ2n) is 0.267. The van der Waals surface area contributed by atoms with Gasteiger partial charge in [0.25, 0.3) is 0 Å². The van der Waals surface area contributed by atoms with Crippen molar-refractivity contribution in [2.75, 3.05) is 6.67 Å². The molecule has 0 aliphatic heterocycles. The van der Waals surface area contributed by atoms with E-state index in [2.05, 4.69) is 0 Å². The smallest absolute Gasteiger partial charge is 0.0866 e. The molecule has 0 unspecified atom stereocenters. The molecular formula is C2H5FNa. The molecule has 0 saturated heterocycles. The van der Waals surface area contributed by atoms with Gasteiger partial charge in [-0.15, -0.1) is 0 Å². The number of rotatable bonds is 0. The second-order valence-corrected chi connectivity index (χ2v) is 0.267. The molecule has 0 N–H and O–H groups in total. The maximum absolute atomic E-state index is 10.3. The molecule has 0 aliphatic rings. The summed E-state index contributed by atoms with van der Waals surface area (Å²) in [6, 6.07) is 0. The van der Waals surface area contributed by atoms with Crippen molar-refractivity contribution >= 4 is 29.6 Å². The maximum atomic E-state index is 10.3. The molecule has 0 aromatic heterocycles. The molecule has 0 heterocycles. The Morgan fingerprint density at radius 1 is 1.75 bits per heavy atom. The summed E-state index contributed by atoms with van der Waals surface area (Å²) in [7, 11) is 0. The zero-order chi connectivity index (χ0) is 2.71. The monoisotopic (exact) mass is 71.0 g/mol. The van der Waals surface area contributed by atoms with Crippen LogP contribution in [0.2, 0.25) is 0 Å². The normalized spacial score (nSPS) is 4.50. The van der Waals surface area contributed by atoms with Crippen LogP contribution >= 0.6 is 0 Å². The summed E-state index contributed by atoms with van der Waals surface area (Å²) >= 11 is 0. The average Bonchev–Trinajstić information content (AvgIpc) is 0.918. The fourth-order valence-electron chi connectivity index (χ4n) is 0. The predicted octanol–water partition coefficient (Wildman–Crippen LogP) is 0.595. The quantitative estimate of drug-likeness (QED) is 0.367. The number of halogens is 1. The van der Waals surface area contributed by atoms with Gasteiger partial charge in [0.1, 0.15) is 0 Å². The molecule has 4 heavy (non-hydrogen) atoms. The van der Waals surface area contributed by atoms with Gasteiger partial charge >= 0.3 is 0 Å². The van der Waals surface area contributed by atoms with Gasteiger partial charge in [-0.2, -0.15) is 0 Å². The first-order chi connectivity index (χ1) is 1.41. The SMILES string of the molecule is CCF.[Na]. The molecule has 1 radical (unpaired) electrons. The van der Waals surface area contributed by atoms with Gasteiger partial charge in [-0.1, -0.05) is 0 Å². The van der Waals surface area contributed by atoms with Gasteiger partial charge in [0.15, 0.2) is 0 Å². The minimum absolute atomic E-state index is 0. The van der Waals surface area contributed by atoms with Gasteiger partial charge in [0, 0.05) is 29.6 Å². The van der Waals surface area contributed by atoms with E-state index in [0.717, 1.165) is 0 Å². The van der Waals surface area contributed by atoms with Crippen LogP contribution in [0.5, 0.6) is 0 Å². The standard InChI is InChI=1S/C2H5F.Na/c1-2-3;/h2H2,1H3;. The minimum atomic E-state index is -0.250. The van der Waals surface area contributed by atoms with Crippen LogP contribution in [0.4, 0.5) is 4.39 Å². The number of hydrogen-bond donors (Lipinski definition) is 0. The van der Waals surface area contributed by atoms with E-state index >= 15 is 0 Å². The van der Waals surface area contributed by atoms with E-state index < -0.39 is 0 Å². The van der Waals surface area contributed by atoms with Crippen molar-refractivity contribution in [3.8, 4) is 0 Å². The Balaban J connectivity index is 0. The average molecular weight is 71.0 g/mol. The molecule has 21 valence electrons. The van der Waals surface area contributed by atoms with Gasteiger partial charge in [0.05, 0.1) is 6.67 Å². The van der Waals surface area contributed by atoms with Crippen molar-refractivity contribution in [3.63, 3.8) is 0 Å². The third-order valence-corrected chi connectivity index (χ3v) is 0. The van der Waals surface area contributed by atoms with Crippen LogP contribution in [-0.2, 0) is 0 Å². The molecule has 0 amide bonds. The van der Waals surface area contributed by atoms with Gasteiger partial charge in [0.2, 0.25) is 0 Å². The predicted molar refractivity (Wildman–Crippen MR) is 17.4 cm³/mol. The van der Waals surface area contributed by atoms with E-state index in [1.807, 2.05) is 0 Å². The van der Waals surface area contributed by atoms with Crippen LogP contribution in [0, 0.1) is 0 Å². The molecule has 0 aromatic rings. The Bertz CT molecular complexity index is 6.00. The molecule has 0 atom stereocenters. The summed E-state index contributed by atoms with van der Waals surface area (Å²) in [6.45, 7) is 1.21. The molecule has 0 fully saturated rings. The second kappa shape index (κ2) is 9.06. The van der Waals surface area contributed by atoms with Crippen molar-refractivity contribution in [2.24, 2.45) is 0 Å². The summed E-state index contributed by atoms with van der Waals surface area (Å²) in [5.41, 5.74) is 0. The molecule has 0 rings (SSSR count). The Kier molecular flexibility index (Phi) is 20.1. The van der Waals surface area contributed by atoms with E-state index in [9.17, 15) is 4.39 Å². The Hall–Kier alpha value is 0.930. The van der Waals surface area contributed by atoms with Crippen LogP contribution in [-0.4, -0.2) is 36.2 Å². The number of alkyl halides is 1. The van der Waals surface area contributed by atoms with Crippen LogP contribution < -0.4 is 0 Å². The van der Waals surface area contributed by atoms with Gasteiger partial charge in [-0.05, 0) is 6.92 Å². The summed E-state index contributed by atoms with van der Waals surface area (Å²) in [5, 5.41) is 0. The van der Waals surface area contributed by atoms with Gasteiger partial charge in [-0.25, -0.2) is 0 Å². The first kappa shape index (κ1) is 8.87. The van der Waals surface area contributed by atoms with E-state index in [-0.39, 0.29) is 36.2 Å². The van der Waals surface area contributed by atoms with E-state index in [1.54, 1.807) is 0 Å². The Morgan fingerprint density at radius 2 is 1.75 bits per heavy atom. The van der Waals surface area contributed by atoms with Crippen LogP contribution in [0.3, 0.4) is 0 Å². The summed E-state index contributed by atoms with van der Waals surface area (Å²) in [5.74, 6) is 0.